The molecule has 0 saturated carbocycles. The predicted octanol–water partition coefficient (Wildman–Crippen LogP) is 4.49. The molecule has 0 amide bonds. The second kappa shape index (κ2) is 5.80. The van der Waals surface area contributed by atoms with Crippen molar-refractivity contribution < 1.29 is 0 Å². The van der Waals surface area contributed by atoms with Gasteiger partial charge in [-0.15, -0.1) is 0 Å². The monoisotopic (exact) mass is 317 g/mol. The van der Waals surface area contributed by atoms with E-state index in [9.17, 15) is 0 Å². The molecule has 0 radical (unpaired) electrons. The molecule has 0 aliphatic rings. The van der Waals surface area contributed by atoms with Crippen molar-refractivity contribution in [2.24, 2.45) is 0 Å². The maximum atomic E-state index is 6.18. The largest absolute Gasteiger partial charge is 0.399 e. The summed E-state index contributed by atoms with van der Waals surface area (Å²) in [6.45, 7) is 0.602. The Morgan fingerprint density at radius 2 is 1.76 bits per heavy atom. The summed E-state index contributed by atoms with van der Waals surface area (Å²) in [4.78, 5) is 0. The van der Waals surface area contributed by atoms with Gasteiger partial charge in [0.1, 0.15) is 0 Å². The molecule has 0 atom stereocenters. The summed E-state index contributed by atoms with van der Waals surface area (Å²) < 4.78 is 1.85. The Balaban J connectivity index is 1.83. The van der Waals surface area contributed by atoms with Gasteiger partial charge in [-0.3, -0.25) is 4.68 Å². The van der Waals surface area contributed by atoms with Crippen molar-refractivity contribution in [2.75, 3.05) is 5.73 Å². The Morgan fingerprint density at radius 1 is 1.00 bits per heavy atom. The van der Waals surface area contributed by atoms with E-state index in [1.54, 1.807) is 6.07 Å². The molecule has 0 unspecified atom stereocenters. The van der Waals surface area contributed by atoms with E-state index < -0.39 is 0 Å². The molecule has 3 rings (SSSR count). The van der Waals surface area contributed by atoms with E-state index >= 15 is 0 Å². The minimum atomic E-state index is 0.602. The van der Waals surface area contributed by atoms with Crippen molar-refractivity contribution >= 4 is 28.9 Å². The van der Waals surface area contributed by atoms with Gasteiger partial charge in [-0.1, -0.05) is 41.4 Å². The zero-order chi connectivity index (χ0) is 14.8. The summed E-state index contributed by atoms with van der Waals surface area (Å²) in [6, 6.07) is 13.2. The van der Waals surface area contributed by atoms with E-state index in [1.165, 1.54) is 0 Å². The molecule has 0 fully saturated rings. The van der Waals surface area contributed by atoms with Gasteiger partial charge in [0.05, 0.1) is 12.7 Å². The molecular formula is C16H13Cl2N3. The van der Waals surface area contributed by atoms with Gasteiger partial charge in [0, 0.05) is 27.5 Å². The van der Waals surface area contributed by atoms with Gasteiger partial charge in [-0.2, -0.15) is 5.10 Å². The zero-order valence-electron chi connectivity index (χ0n) is 11.1. The molecule has 5 heteroatoms. The number of benzene rings is 2. The minimum Gasteiger partial charge on any atom is -0.399 e. The summed E-state index contributed by atoms with van der Waals surface area (Å²) in [5.74, 6) is 0. The van der Waals surface area contributed by atoms with Crippen molar-refractivity contribution in [2.45, 2.75) is 6.54 Å². The lowest BCUT2D eigenvalue weighted by Crippen LogP contribution is -2.00. The van der Waals surface area contributed by atoms with Crippen molar-refractivity contribution in [3.63, 3.8) is 0 Å². The molecule has 2 N–H and O–H groups in total. The van der Waals surface area contributed by atoms with Crippen LogP contribution >= 0.6 is 23.2 Å². The van der Waals surface area contributed by atoms with Gasteiger partial charge in [0.25, 0.3) is 0 Å². The van der Waals surface area contributed by atoms with Crippen molar-refractivity contribution in [3.05, 3.63) is 70.5 Å². The van der Waals surface area contributed by atoms with Crippen LogP contribution in [0.4, 0.5) is 5.69 Å². The topological polar surface area (TPSA) is 43.8 Å². The fourth-order valence-corrected chi connectivity index (χ4v) is 2.57. The highest BCUT2D eigenvalue weighted by Crippen LogP contribution is 2.23. The van der Waals surface area contributed by atoms with Crippen molar-refractivity contribution in [3.8, 4) is 11.1 Å². The first-order valence-electron chi connectivity index (χ1n) is 6.44. The van der Waals surface area contributed by atoms with Gasteiger partial charge in [-0.05, 0) is 35.4 Å². The zero-order valence-corrected chi connectivity index (χ0v) is 12.6. The highest BCUT2D eigenvalue weighted by molar-refractivity contribution is 6.35. The number of nitrogens with zero attached hydrogens (tertiary/aromatic N) is 2. The number of hydrogen-bond donors (Lipinski definition) is 1. The molecule has 3 nitrogen and oxygen atoms in total. The molecule has 0 aliphatic heterocycles. The second-order valence-corrected chi connectivity index (χ2v) is 5.63. The highest BCUT2D eigenvalue weighted by Gasteiger charge is 2.05. The van der Waals surface area contributed by atoms with Crippen LogP contribution in [-0.2, 0) is 6.54 Å². The van der Waals surface area contributed by atoms with Crippen LogP contribution in [0.2, 0.25) is 10.0 Å². The highest BCUT2D eigenvalue weighted by atomic mass is 35.5. The second-order valence-electron chi connectivity index (χ2n) is 4.78. The maximum Gasteiger partial charge on any atom is 0.0674 e. The molecule has 0 bridgehead atoms. The van der Waals surface area contributed by atoms with Crippen molar-refractivity contribution in [1.29, 1.82) is 0 Å². The molecule has 106 valence electrons. The SMILES string of the molecule is Nc1ccc(-c2cnn(Cc3ccc(Cl)cc3Cl)c2)cc1. The Labute approximate surface area is 132 Å². The fraction of sp³-hybridized carbons (Fsp3) is 0.0625. The summed E-state index contributed by atoms with van der Waals surface area (Å²) >= 11 is 12.1. The van der Waals surface area contributed by atoms with E-state index in [2.05, 4.69) is 5.10 Å². The number of nitrogen functional groups attached to an aromatic ring is 1. The fourth-order valence-electron chi connectivity index (χ4n) is 2.10. The smallest absolute Gasteiger partial charge is 0.0674 e. The van der Waals surface area contributed by atoms with Crippen LogP contribution in [0, 0.1) is 0 Å². The lowest BCUT2D eigenvalue weighted by molar-refractivity contribution is 0.687. The Hall–Kier alpha value is -1.97. The molecule has 0 aliphatic carbocycles. The van der Waals surface area contributed by atoms with E-state index in [4.69, 9.17) is 28.9 Å². The summed E-state index contributed by atoms with van der Waals surface area (Å²) in [5.41, 5.74) is 9.55. The van der Waals surface area contributed by atoms with Crippen LogP contribution in [0.5, 0.6) is 0 Å². The quantitative estimate of drug-likeness (QED) is 0.723. The normalized spacial score (nSPS) is 10.8. The van der Waals surface area contributed by atoms with Gasteiger partial charge < -0.3 is 5.73 Å². The van der Waals surface area contributed by atoms with E-state index in [0.717, 1.165) is 22.4 Å². The molecule has 21 heavy (non-hydrogen) atoms. The van der Waals surface area contributed by atoms with E-state index in [0.29, 0.717) is 16.6 Å². The number of aromatic nitrogens is 2. The van der Waals surface area contributed by atoms with Gasteiger partial charge in [0.15, 0.2) is 0 Å². The average Bonchev–Trinajstić information content (AvgIpc) is 2.91. The third kappa shape index (κ3) is 3.20. The molecule has 0 saturated heterocycles. The first-order valence-corrected chi connectivity index (χ1v) is 7.20. The lowest BCUT2D eigenvalue weighted by atomic mass is 10.1. The Morgan fingerprint density at radius 3 is 2.48 bits per heavy atom. The molecular weight excluding hydrogens is 305 g/mol. The van der Waals surface area contributed by atoms with Crippen LogP contribution in [-0.4, -0.2) is 9.78 Å². The molecule has 1 aromatic heterocycles. The summed E-state index contributed by atoms with van der Waals surface area (Å²) in [7, 11) is 0. The number of hydrogen-bond acceptors (Lipinski definition) is 2. The number of halogens is 2. The molecule has 3 aromatic rings. The molecule has 1 heterocycles. The third-order valence-electron chi connectivity index (χ3n) is 3.22. The van der Waals surface area contributed by atoms with Crippen molar-refractivity contribution in [1.82, 2.24) is 9.78 Å². The van der Waals surface area contributed by atoms with Gasteiger partial charge in [0.2, 0.25) is 0 Å². The van der Waals surface area contributed by atoms with Crippen LogP contribution in [0.15, 0.2) is 54.9 Å². The van der Waals surface area contributed by atoms with E-state index in [-0.39, 0.29) is 0 Å². The van der Waals surface area contributed by atoms with Crippen LogP contribution in [0.3, 0.4) is 0 Å². The van der Waals surface area contributed by atoms with Crippen LogP contribution < -0.4 is 5.73 Å². The summed E-state index contributed by atoms with van der Waals surface area (Å²) in [6.07, 6.45) is 3.81. The van der Waals surface area contributed by atoms with E-state index in [1.807, 2.05) is 53.5 Å². The van der Waals surface area contributed by atoms with Crippen LogP contribution in [0.25, 0.3) is 11.1 Å². The first kappa shape index (κ1) is 14.0. The first-order chi connectivity index (χ1) is 10.1. The number of anilines is 1. The average molecular weight is 318 g/mol. The third-order valence-corrected chi connectivity index (χ3v) is 3.81. The maximum absolute atomic E-state index is 6.18. The van der Waals surface area contributed by atoms with Crippen LogP contribution in [0.1, 0.15) is 5.56 Å². The Kier molecular flexibility index (Phi) is 3.86. The summed E-state index contributed by atoms with van der Waals surface area (Å²) in [5, 5.41) is 5.64. The number of rotatable bonds is 3. The Bertz CT molecular complexity index is 763. The molecule has 2 aromatic carbocycles. The van der Waals surface area contributed by atoms with Gasteiger partial charge in [-0.25, -0.2) is 0 Å². The lowest BCUT2D eigenvalue weighted by Gasteiger charge is -2.05. The van der Waals surface area contributed by atoms with Gasteiger partial charge >= 0.3 is 0 Å². The minimum absolute atomic E-state index is 0.602. The standard InChI is InChI=1S/C16H13Cl2N3/c17-14-4-1-12(16(18)7-14)9-21-10-13(8-20-21)11-2-5-15(19)6-3-11/h1-8,10H,9,19H2. The predicted molar refractivity (Wildman–Crippen MR) is 87.6 cm³/mol. The number of nitrogens with two attached hydrogens (primary N) is 1. The molecule has 0 spiro atoms.